The van der Waals surface area contributed by atoms with Crippen LogP contribution in [0.25, 0.3) is 0 Å². The van der Waals surface area contributed by atoms with Crippen LogP contribution in [0.3, 0.4) is 0 Å². The van der Waals surface area contributed by atoms with Gasteiger partial charge in [-0.1, -0.05) is 0 Å². The maximum atomic E-state index is 5.06. The van der Waals surface area contributed by atoms with Crippen LogP contribution in [0.15, 0.2) is 0 Å². The zero-order valence-electron chi connectivity index (χ0n) is 2.08. The Morgan fingerprint density at radius 3 is 1.20 bits per heavy atom. The van der Waals surface area contributed by atoms with E-state index in [0.717, 1.165) is 0 Å². The molecule has 0 atom stereocenters. The predicted molar refractivity (Wildman–Crippen MR) is 32.3 cm³/mol. The summed E-state index contributed by atoms with van der Waals surface area (Å²) in [6, 6.07) is 0. The van der Waals surface area contributed by atoms with Crippen LogP contribution in [0.1, 0.15) is 0 Å². The average molecular weight is 168 g/mol. The lowest BCUT2D eigenvalue weighted by Gasteiger charge is -1.88. The molecule has 0 unspecified atom stereocenters. The quantitative estimate of drug-likeness (QED) is 0.319. The Morgan fingerprint density at radius 2 is 1.20 bits per heavy atom. The van der Waals surface area contributed by atoms with Crippen molar-refractivity contribution < 1.29 is 0 Å². The van der Waals surface area contributed by atoms with E-state index in [1.165, 1.54) is 0 Å². The van der Waals surface area contributed by atoms with Crippen LogP contribution in [0.5, 0.6) is 0 Å². The Kier molecular flexibility index (Phi) is 2.49. The summed E-state index contributed by atoms with van der Waals surface area (Å²) in [5, 5.41) is -2.50. The predicted octanol–water partition coefficient (Wildman–Crippen LogP) is 2.07. The van der Waals surface area contributed by atoms with Gasteiger partial charge in [-0.15, -0.1) is 33.2 Å². The highest BCUT2D eigenvalue weighted by Crippen LogP contribution is 2.22. The average Bonchev–Trinajstić information content (AvgIpc) is 0.722. The summed E-state index contributed by atoms with van der Waals surface area (Å²) in [6.07, 6.45) is 0. The van der Waals surface area contributed by atoms with E-state index in [1.807, 2.05) is 0 Å². The summed E-state index contributed by atoms with van der Waals surface area (Å²) in [7, 11) is 0. The Balaban J connectivity index is 3.02. The van der Waals surface area contributed by atoms with E-state index in [1.54, 1.807) is 0 Å². The molecule has 0 rings (SSSR count). The van der Waals surface area contributed by atoms with Gasteiger partial charge in [-0.3, -0.25) is 0 Å². The van der Waals surface area contributed by atoms with Crippen molar-refractivity contribution in [2.45, 2.75) is 0 Å². The van der Waals surface area contributed by atoms with Crippen LogP contribution in [0, 0.1) is 0 Å². The molecule has 0 fully saturated rings. The van der Waals surface area contributed by atoms with Crippen molar-refractivity contribution in [2.24, 2.45) is 0 Å². The van der Waals surface area contributed by atoms with Crippen molar-refractivity contribution in [3.05, 3.63) is 0 Å². The maximum Gasteiger partial charge on any atom is 0.401 e. The summed E-state index contributed by atoms with van der Waals surface area (Å²) in [4.78, 5) is 0. The summed E-state index contributed by atoms with van der Waals surface area (Å²) >= 11 is 18.8. The van der Waals surface area contributed by atoms with Gasteiger partial charge >= 0.3 is 5.15 Å². The van der Waals surface area contributed by atoms with E-state index in [-0.39, 0.29) is 0 Å². The van der Waals surface area contributed by atoms with E-state index in [9.17, 15) is 0 Å². The van der Waals surface area contributed by atoms with Crippen molar-refractivity contribution in [2.75, 3.05) is 0 Å². The molecule has 5 heavy (non-hydrogen) atoms. The molecule has 0 aromatic heterocycles. The molecule has 0 aliphatic rings. The first-order valence-electron chi connectivity index (χ1n) is 0.791. The van der Waals surface area contributed by atoms with Gasteiger partial charge < -0.3 is 0 Å². The molecule has 0 spiro atoms. The van der Waals surface area contributed by atoms with Crippen LogP contribution in [0.2, 0.25) is 0 Å². The van der Waals surface area contributed by atoms with Crippen molar-refractivity contribution in [3.8, 4) is 0 Å². The second-order valence-corrected chi connectivity index (χ2v) is 12.6. The normalized spacial score (nSPS) is 12.0. The first kappa shape index (κ1) is 6.44. The maximum absolute atomic E-state index is 5.06. The van der Waals surface area contributed by atoms with Crippen LogP contribution in [-0.2, 0) is 0 Å². The molecule has 0 heterocycles. The van der Waals surface area contributed by atoms with E-state index in [0.29, 0.717) is 0 Å². The van der Waals surface area contributed by atoms with E-state index in [4.69, 9.17) is 33.2 Å². The molecule has 0 aromatic carbocycles. The third-order valence-electron chi connectivity index (χ3n) is 0. The van der Waals surface area contributed by atoms with Gasteiger partial charge in [-0.2, -0.15) is 12.1 Å². The first-order valence-corrected chi connectivity index (χ1v) is 7.11. The van der Waals surface area contributed by atoms with Gasteiger partial charge in [0.1, 0.15) is 0 Å². The minimum Gasteiger partial charge on any atom is -0.155 e. The third kappa shape index (κ3) is 31.1. The van der Waals surface area contributed by atoms with Crippen molar-refractivity contribution in [1.82, 2.24) is 0 Å². The summed E-state index contributed by atoms with van der Waals surface area (Å²) < 4.78 is 0. The minimum atomic E-state index is -2.50. The first-order chi connectivity index (χ1) is 2.00. The number of halogens is 3. The van der Waals surface area contributed by atoms with Crippen molar-refractivity contribution in [1.29, 1.82) is 0 Å². The molecule has 0 radical (unpaired) electrons. The molecule has 32 valence electrons. The van der Waals surface area contributed by atoms with Crippen molar-refractivity contribution >= 4 is 50.5 Å². The number of hydrogen-bond acceptors (Lipinski definition) is 1. The monoisotopic (exact) mass is 166 g/mol. The van der Waals surface area contributed by atoms with E-state index >= 15 is 0 Å². The third-order valence-corrected chi connectivity index (χ3v) is 0. The Hall–Kier alpha value is 1.44. The van der Waals surface area contributed by atoms with Crippen LogP contribution >= 0.6 is 45.3 Å². The van der Waals surface area contributed by atoms with Gasteiger partial charge in [-0.05, 0) is 0 Å². The molecule has 5 heteroatoms. The fraction of sp³-hybridized carbons (Fsp3) is 0. The summed E-state index contributed by atoms with van der Waals surface area (Å²) in [6.45, 7) is 0. The molecule has 0 bridgehead atoms. The molecule has 0 aliphatic carbocycles. The highest BCUT2D eigenvalue weighted by atomic mass is 35.9. The fourth-order valence-electron chi connectivity index (χ4n) is 0. The SMILES string of the molecule is S[Si](Cl)(Cl)Cl. The lowest BCUT2D eigenvalue weighted by molar-refractivity contribution is 3.93. The molecule has 0 N–H and O–H groups in total. The lowest BCUT2D eigenvalue weighted by atomic mass is 27.5. The summed E-state index contributed by atoms with van der Waals surface area (Å²) in [5.74, 6) is 0. The number of thiol groups is 1. The minimum absolute atomic E-state index is 2.50. The molecule has 0 aromatic rings. The second-order valence-electron chi connectivity index (χ2n) is 0.468. The molecule has 0 saturated heterocycles. The standard InChI is InChI=1S/Cl3HSSi/c1-5(2,3)4/h4H. The van der Waals surface area contributed by atoms with Crippen molar-refractivity contribution in [3.63, 3.8) is 0 Å². The van der Waals surface area contributed by atoms with E-state index in [2.05, 4.69) is 12.1 Å². The largest absolute Gasteiger partial charge is 0.401 e. The van der Waals surface area contributed by atoms with E-state index < -0.39 is 5.15 Å². The smallest absolute Gasteiger partial charge is 0.155 e. The van der Waals surface area contributed by atoms with Crippen LogP contribution in [-0.4, -0.2) is 5.15 Å². The molecular formula is HCl3SSi. The van der Waals surface area contributed by atoms with Gasteiger partial charge in [0.25, 0.3) is 0 Å². The molecule has 0 saturated carbocycles. The van der Waals surface area contributed by atoms with Gasteiger partial charge in [0, 0.05) is 0 Å². The summed E-state index contributed by atoms with van der Waals surface area (Å²) in [5.41, 5.74) is 0. The molecule has 0 nitrogen and oxygen atoms in total. The zero-order valence-corrected chi connectivity index (χ0v) is 6.24. The molecular weight excluding hydrogens is 167 g/mol. The molecule has 0 aliphatic heterocycles. The van der Waals surface area contributed by atoms with Gasteiger partial charge in [0.2, 0.25) is 0 Å². The van der Waals surface area contributed by atoms with Gasteiger partial charge in [-0.25, -0.2) is 0 Å². The fourth-order valence-corrected chi connectivity index (χ4v) is 0. The Labute approximate surface area is 50.6 Å². The Bertz CT molecular complexity index is 22.4. The highest BCUT2D eigenvalue weighted by Gasteiger charge is 2.16. The van der Waals surface area contributed by atoms with Gasteiger partial charge in [0.05, 0.1) is 0 Å². The van der Waals surface area contributed by atoms with Crippen LogP contribution < -0.4 is 0 Å². The van der Waals surface area contributed by atoms with Gasteiger partial charge in [0.15, 0.2) is 0 Å². The highest BCUT2D eigenvalue weighted by molar-refractivity contribution is 8.33. The number of hydrogen-bond donors (Lipinski definition) is 1. The number of rotatable bonds is 0. The lowest BCUT2D eigenvalue weighted by Crippen LogP contribution is -1.92. The zero-order chi connectivity index (χ0) is 4.50. The van der Waals surface area contributed by atoms with Crippen LogP contribution in [0.4, 0.5) is 0 Å². The molecule has 0 amide bonds. The topological polar surface area (TPSA) is 0 Å². The Morgan fingerprint density at radius 1 is 1.20 bits per heavy atom. The second kappa shape index (κ2) is 1.94.